The minimum Gasteiger partial charge on any atom is -0.455 e. The molecule has 0 saturated heterocycles. The van der Waals surface area contributed by atoms with Crippen LogP contribution in [0.5, 0.6) is 11.5 Å². The van der Waals surface area contributed by atoms with Crippen molar-refractivity contribution in [2.45, 2.75) is 19.3 Å². The zero-order valence-corrected chi connectivity index (χ0v) is 23.8. The van der Waals surface area contributed by atoms with E-state index in [1.165, 1.54) is 49.7 Å². The molecule has 200 valence electrons. The number of allylic oxidation sites excluding steroid dienone is 4. The van der Waals surface area contributed by atoms with Gasteiger partial charge in [0.1, 0.15) is 11.5 Å². The summed E-state index contributed by atoms with van der Waals surface area (Å²) in [6.07, 6.45) is 6.53. The molecule has 0 bridgehead atoms. The van der Waals surface area contributed by atoms with Gasteiger partial charge in [-0.2, -0.15) is 0 Å². The molecule has 1 nitrogen and oxygen atoms in total. The van der Waals surface area contributed by atoms with Gasteiger partial charge in [0.05, 0.1) is 5.41 Å². The molecule has 8 rings (SSSR count). The van der Waals surface area contributed by atoms with Gasteiger partial charge < -0.3 is 4.74 Å². The van der Waals surface area contributed by atoms with Crippen LogP contribution < -0.4 is 4.74 Å². The van der Waals surface area contributed by atoms with E-state index in [1.54, 1.807) is 0 Å². The van der Waals surface area contributed by atoms with Crippen LogP contribution in [0, 0.1) is 0 Å². The van der Waals surface area contributed by atoms with Crippen molar-refractivity contribution in [2.75, 3.05) is 0 Å². The number of ether oxygens (including phenoxy) is 1. The van der Waals surface area contributed by atoms with E-state index in [4.69, 9.17) is 4.74 Å². The van der Waals surface area contributed by atoms with Gasteiger partial charge in [0.25, 0.3) is 0 Å². The third-order valence-corrected chi connectivity index (χ3v) is 9.08. The molecule has 1 heterocycles. The quantitative estimate of drug-likeness (QED) is 0.203. The molecule has 6 aromatic carbocycles. The molecule has 1 unspecified atom stereocenters. The first kappa shape index (κ1) is 24.6. The number of benzene rings is 6. The zero-order chi connectivity index (χ0) is 28.3. The Morgan fingerprint density at radius 1 is 0.619 bits per heavy atom. The van der Waals surface area contributed by atoms with E-state index in [9.17, 15) is 0 Å². The highest BCUT2D eigenvalue weighted by Gasteiger charge is 2.46. The van der Waals surface area contributed by atoms with E-state index in [-0.39, 0.29) is 0 Å². The fourth-order valence-electron chi connectivity index (χ4n) is 7.28. The van der Waals surface area contributed by atoms with Crippen LogP contribution in [0.15, 0.2) is 151 Å². The summed E-state index contributed by atoms with van der Waals surface area (Å²) < 4.78 is 6.73. The Hall–Kier alpha value is -5.14. The highest BCUT2D eigenvalue weighted by atomic mass is 16.5. The van der Waals surface area contributed by atoms with Gasteiger partial charge in [-0.25, -0.2) is 0 Å². The molecule has 0 saturated carbocycles. The molecule has 1 aliphatic carbocycles. The van der Waals surface area contributed by atoms with Gasteiger partial charge in [0, 0.05) is 16.5 Å². The monoisotopic (exact) mass is 538 g/mol. The Labute approximate surface area is 247 Å². The van der Waals surface area contributed by atoms with Crippen molar-refractivity contribution in [3.8, 4) is 44.9 Å². The summed E-state index contributed by atoms with van der Waals surface area (Å²) in [5.74, 6) is 1.84. The van der Waals surface area contributed by atoms with E-state index >= 15 is 0 Å². The van der Waals surface area contributed by atoms with Crippen LogP contribution in [-0.2, 0) is 5.41 Å². The van der Waals surface area contributed by atoms with Crippen LogP contribution in [0.25, 0.3) is 44.2 Å². The number of fused-ring (bicyclic) bond motifs is 5. The minimum absolute atomic E-state index is 0.406. The highest BCUT2D eigenvalue weighted by molar-refractivity contribution is 6.05. The van der Waals surface area contributed by atoms with E-state index in [0.29, 0.717) is 0 Å². The van der Waals surface area contributed by atoms with Crippen LogP contribution in [-0.4, -0.2) is 0 Å². The molecule has 1 aliphatic heterocycles. The molecule has 6 aromatic rings. The summed E-state index contributed by atoms with van der Waals surface area (Å²) in [6, 6.07) is 46.2. The van der Waals surface area contributed by atoms with Crippen LogP contribution in [0.2, 0.25) is 0 Å². The summed E-state index contributed by atoms with van der Waals surface area (Å²) in [6.45, 7) is 4.35. The van der Waals surface area contributed by atoms with Crippen LogP contribution in [0.4, 0.5) is 0 Å². The SMILES string of the molecule is C/C=C\C=C(/C)C1(c2ccccc2)c2ccccc2-c2ccc(-c3cccc4c3Oc3cccc5cccc-4c35)cc21. The standard InChI is InChI=1S/C41H30O/c1-3-4-13-27(2)41(30-16-6-5-7-17-30)36-22-9-8-18-32(36)33-25-24-29(26-37(33)41)31-19-12-21-35-34-20-10-14-28-15-11-23-38(39(28)34)42-40(31)35/h3-26H,1-2H3/b4-3-,27-13+. The lowest BCUT2D eigenvalue weighted by Crippen LogP contribution is -2.28. The Bertz CT molecular complexity index is 2070. The maximum absolute atomic E-state index is 6.73. The summed E-state index contributed by atoms with van der Waals surface area (Å²) >= 11 is 0. The second kappa shape index (κ2) is 9.46. The fraction of sp³-hybridized carbons (Fsp3) is 0.0732. The lowest BCUT2D eigenvalue weighted by atomic mass is 9.67. The van der Waals surface area contributed by atoms with Crippen molar-refractivity contribution >= 4 is 10.8 Å². The average Bonchev–Trinajstić information content (AvgIpc) is 3.34. The molecule has 1 atom stereocenters. The second-order valence-electron chi connectivity index (χ2n) is 11.2. The van der Waals surface area contributed by atoms with Gasteiger partial charge in [0.15, 0.2) is 0 Å². The first-order valence-corrected chi connectivity index (χ1v) is 14.6. The lowest BCUT2D eigenvalue weighted by molar-refractivity contribution is 0.489. The number of para-hydroxylation sites is 1. The first-order chi connectivity index (χ1) is 20.7. The van der Waals surface area contributed by atoms with Crippen molar-refractivity contribution in [2.24, 2.45) is 0 Å². The molecule has 0 fully saturated rings. The van der Waals surface area contributed by atoms with Gasteiger partial charge in [-0.15, -0.1) is 0 Å². The highest BCUT2D eigenvalue weighted by Crippen LogP contribution is 2.58. The van der Waals surface area contributed by atoms with Crippen molar-refractivity contribution in [3.05, 3.63) is 168 Å². The lowest BCUT2D eigenvalue weighted by Gasteiger charge is -2.34. The third-order valence-electron chi connectivity index (χ3n) is 9.08. The van der Waals surface area contributed by atoms with Gasteiger partial charge in [-0.3, -0.25) is 0 Å². The van der Waals surface area contributed by atoms with Gasteiger partial charge in [-0.1, -0.05) is 139 Å². The van der Waals surface area contributed by atoms with Crippen molar-refractivity contribution in [3.63, 3.8) is 0 Å². The normalized spacial score (nSPS) is 16.7. The zero-order valence-electron chi connectivity index (χ0n) is 23.8. The van der Waals surface area contributed by atoms with Crippen molar-refractivity contribution in [1.82, 2.24) is 0 Å². The third kappa shape index (κ3) is 3.37. The summed E-state index contributed by atoms with van der Waals surface area (Å²) in [7, 11) is 0. The number of hydrogen-bond acceptors (Lipinski definition) is 1. The van der Waals surface area contributed by atoms with Crippen LogP contribution >= 0.6 is 0 Å². The Balaban J connectivity index is 1.40. The molecular formula is C41H30O. The molecule has 42 heavy (non-hydrogen) atoms. The van der Waals surface area contributed by atoms with Gasteiger partial charge in [-0.05, 0) is 70.3 Å². The summed E-state index contributed by atoms with van der Waals surface area (Å²) in [5.41, 5.74) is 12.0. The molecule has 0 radical (unpaired) electrons. The maximum atomic E-state index is 6.73. The molecule has 0 amide bonds. The fourth-order valence-corrected chi connectivity index (χ4v) is 7.28. The molecule has 0 N–H and O–H groups in total. The van der Waals surface area contributed by atoms with E-state index in [1.807, 2.05) is 0 Å². The largest absolute Gasteiger partial charge is 0.455 e. The average molecular weight is 539 g/mol. The Kier molecular flexibility index (Phi) is 5.55. The molecule has 2 aliphatic rings. The van der Waals surface area contributed by atoms with Crippen molar-refractivity contribution in [1.29, 1.82) is 0 Å². The van der Waals surface area contributed by atoms with E-state index < -0.39 is 5.41 Å². The van der Waals surface area contributed by atoms with Crippen molar-refractivity contribution < 1.29 is 4.74 Å². The molecule has 0 aromatic heterocycles. The summed E-state index contributed by atoms with van der Waals surface area (Å²) in [4.78, 5) is 0. The minimum atomic E-state index is -0.406. The van der Waals surface area contributed by atoms with Crippen LogP contribution in [0.3, 0.4) is 0 Å². The molecular weight excluding hydrogens is 508 g/mol. The second-order valence-corrected chi connectivity index (χ2v) is 11.2. The predicted molar refractivity (Wildman–Crippen MR) is 175 cm³/mol. The van der Waals surface area contributed by atoms with Gasteiger partial charge in [0.2, 0.25) is 0 Å². The predicted octanol–water partition coefficient (Wildman–Crippen LogP) is 11.1. The topological polar surface area (TPSA) is 9.23 Å². The Morgan fingerprint density at radius 3 is 2.17 bits per heavy atom. The first-order valence-electron chi connectivity index (χ1n) is 14.6. The number of rotatable bonds is 4. The smallest absolute Gasteiger partial charge is 0.143 e. The molecule has 1 heteroatoms. The molecule has 0 spiro atoms. The van der Waals surface area contributed by atoms with Gasteiger partial charge >= 0.3 is 0 Å². The van der Waals surface area contributed by atoms with E-state index in [0.717, 1.165) is 28.2 Å². The maximum Gasteiger partial charge on any atom is 0.143 e. The van der Waals surface area contributed by atoms with E-state index in [2.05, 4.69) is 159 Å². The van der Waals surface area contributed by atoms with Crippen LogP contribution in [0.1, 0.15) is 30.5 Å². The summed E-state index contributed by atoms with van der Waals surface area (Å²) in [5, 5.41) is 2.38. The number of hydrogen-bond donors (Lipinski definition) is 0. The Morgan fingerprint density at radius 2 is 1.31 bits per heavy atom.